The normalized spacial score (nSPS) is 15.5. The lowest BCUT2D eigenvalue weighted by Crippen LogP contribution is -2.46. The lowest BCUT2D eigenvalue weighted by Gasteiger charge is -2.28. The lowest BCUT2D eigenvalue weighted by molar-refractivity contribution is -0.122. The first kappa shape index (κ1) is 23.3. The molecule has 4 aromatic rings. The number of hydrogen-bond acceptors (Lipinski definition) is 4. The number of para-hydroxylation sites is 1. The molecule has 3 amide bonds. The first-order chi connectivity index (χ1) is 17.5. The number of fused-ring (bicyclic) bond motifs is 1. The van der Waals surface area contributed by atoms with Crippen LogP contribution in [0.25, 0.3) is 10.9 Å². The maximum atomic E-state index is 13.7. The van der Waals surface area contributed by atoms with Crippen molar-refractivity contribution in [1.29, 1.82) is 0 Å². The molecule has 1 aliphatic rings. The van der Waals surface area contributed by atoms with Crippen molar-refractivity contribution in [2.45, 2.75) is 18.9 Å². The fourth-order valence-electron chi connectivity index (χ4n) is 4.62. The molecule has 8 heteroatoms. The van der Waals surface area contributed by atoms with Gasteiger partial charge in [-0.25, -0.2) is 9.29 Å². The van der Waals surface area contributed by atoms with E-state index in [1.165, 1.54) is 36.3 Å². The maximum Gasteiger partial charge on any atom is 0.257 e. The van der Waals surface area contributed by atoms with Crippen LogP contribution in [0.5, 0.6) is 5.75 Å². The smallest absolute Gasteiger partial charge is 0.257 e. The molecule has 0 bridgehead atoms. The number of nitrogens with one attached hydrogen (secondary N) is 1. The van der Waals surface area contributed by atoms with Gasteiger partial charge in [-0.1, -0.05) is 24.3 Å². The van der Waals surface area contributed by atoms with Crippen LogP contribution >= 0.6 is 0 Å². The zero-order valence-electron chi connectivity index (χ0n) is 19.6. The second-order valence-corrected chi connectivity index (χ2v) is 8.60. The summed E-state index contributed by atoms with van der Waals surface area (Å²) in [6.45, 7) is 0.221. The van der Waals surface area contributed by atoms with E-state index in [1.807, 2.05) is 30.5 Å². The van der Waals surface area contributed by atoms with Gasteiger partial charge in [0.05, 0.1) is 19.2 Å². The number of imide groups is 1. The van der Waals surface area contributed by atoms with E-state index in [-0.39, 0.29) is 24.6 Å². The number of benzene rings is 3. The predicted octanol–water partition coefficient (Wildman–Crippen LogP) is 4.33. The van der Waals surface area contributed by atoms with E-state index in [9.17, 15) is 18.8 Å². The number of hydrogen-bond donors (Lipinski definition) is 1. The zero-order valence-corrected chi connectivity index (χ0v) is 19.6. The molecule has 0 saturated carbocycles. The van der Waals surface area contributed by atoms with Gasteiger partial charge in [-0.15, -0.1) is 0 Å². The quantitative estimate of drug-likeness (QED) is 0.395. The summed E-state index contributed by atoms with van der Waals surface area (Å²) in [4.78, 5) is 45.8. The largest absolute Gasteiger partial charge is 0.497 e. The molecular weight excluding hydrogens is 461 g/mol. The van der Waals surface area contributed by atoms with Gasteiger partial charge in [-0.05, 0) is 60.5 Å². The summed E-state index contributed by atoms with van der Waals surface area (Å²) in [6, 6.07) is 18.7. The SMILES string of the molecule is COc1cccc(C(=O)N(CCc2c[nH]c3ccccc23)C2CC(=O)N(c3ccc(F)cc3)C2=O)c1. The Kier molecular flexibility index (Phi) is 6.25. The Morgan fingerprint density at radius 3 is 2.64 bits per heavy atom. The van der Waals surface area contributed by atoms with E-state index >= 15 is 0 Å². The standard InChI is InChI=1S/C28H24FN3O4/c1-36-22-6-4-5-18(15-22)27(34)31(14-13-19-17-30-24-8-3-2-7-23(19)24)25-16-26(33)32(28(25)35)21-11-9-20(29)10-12-21/h2-12,15,17,25,30H,13-14,16H2,1H3. The molecule has 0 radical (unpaired) electrons. The van der Waals surface area contributed by atoms with Gasteiger partial charge >= 0.3 is 0 Å². The van der Waals surface area contributed by atoms with Crippen molar-refractivity contribution in [3.8, 4) is 5.75 Å². The summed E-state index contributed by atoms with van der Waals surface area (Å²) < 4.78 is 18.7. The number of methoxy groups -OCH3 is 1. The summed E-state index contributed by atoms with van der Waals surface area (Å²) in [6.07, 6.45) is 2.22. The summed E-state index contributed by atoms with van der Waals surface area (Å²) in [7, 11) is 1.51. The monoisotopic (exact) mass is 485 g/mol. The van der Waals surface area contributed by atoms with Gasteiger partial charge in [-0.2, -0.15) is 0 Å². The highest BCUT2D eigenvalue weighted by Crippen LogP contribution is 2.28. The third kappa shape index (κ3) is 4.33. The Morgan fingerprint density at radius 1 is 1.08 bits per heavy atom. The average Bonchev–Trinajstić information content (AvgIpc) is 3.45. The van der Waals surface area contributed by atoms with Crippen molar-refractivity contribution in [3.63, 3.8) is 0 Å². The van der Waals surface area contributed by atoms with Crippen molar-refractivity contribution in [3.05, 3.63) is 95.9 Å². The number of ether oxygens (including phenoxy) is 1. The minimum Gasteiger partial charge on any atom is -0.497 e. The Bertz CT molecular complexity index is 1450. The molecule has 1 atom stereocenters. The predicted molar refractivity (Wildman–Crippen MR) is 133 cm³/mol. The second kappa shape index (κ2) is 9.65. The second-order valence-electron chi connectivity index (χ2n) is 8.60. The van der Waals surface area contributed by atoms with E-state index in [0.717, 1.165) is 21.4 Å². The molecule has 2 heterocycles. The number of carbonyl (C=O) groups excluding carboxylic acids is 3. The molecule has 182 valence electrons. The highest BCUT2D eigenvalue weighted by atomic mass is 19.1. The maximum absolute atomic E-state index is 13.7. The first-order valence-corrected chi connectivity index (χ1v) is 11.6. The molecule has 1 fully saturated rings. The molecule has 7 nitrogen and oxygen atoms in total. The lowest BCUT2D eigenvalue weighted by atomic mass is 10.1. The number of halogens is 1. The van der Waals surface area contributed by atoms with Crippen LogP contribution < -0.4 is 9.64 Å². The van der Waals surface area contributed by atoms with Crippen molar-refractivity contribution in [2.75, 3.05) is 18.6 Å². The van der Waals surface area contributed by atoms with Crippen molar-refractivity contribution >= 4 is 34.3 Å². The van der Waals surface area contributed by atoms with E-state index in [1.54, 1.807) is 24.3 Å². The van der Waals surface area contributed by atoms with E-state index in [0.29, 0.717) is 17.7 Å². The molecule has 1 N–H and O–H groups in total. The summed E-state index contributed by atoms with van der Waals surface area (Å²) in [5.41, 5.74) is 2.61. The Labute approximate surface area is 207 Å². The van der Waals surface area contributed by atoms with Crippen LogP contribution in [0.15, 0.2) is 79.0 Å². The molecule has 1 unspecified atom stereocenters. The number of amides is 3. The zero-order chi connectivity index (χ0) is 25.2. The van der Waals surface area contributed by atoms with E-state index < -0.39 is 23.7 Å². The molecule has 5 rings (SSSR count). The van der Waals surface area contributed by atoms with Crippen molar-refractivity contribution in [1.82, 2.24) is 9.88 Å². The van der Waals surface area contributed by atoms with E-state index in [4.69, 9.17) is 4.74 Å². The molecule has 36 heavy (non-hydrogen) atoms. The van der Waals surface area contributed by atoms with Gasteiger partial charge in [0.1, 0.15) is 17.6 Å². The van der Waals surface area contributed by atoms with Crippen molar-refractivity contribution < 1.29 is 23.5 Å². The fraction of sp³-hybridized carbons (Fsp3) is 0.179. The van der Waals surface area contributed by atoms with E-state index in [2.05, 4.69) is 4.98 Å². The molecule has 3 aromatic carbocycles. The number of aromatic nitrogens is 1. The minimum absolute atomic E-state index is 0.153. The first-order valence-electron chi connectivity index (χ1n) is 11.6. The number of H-pyrrole nitrogens is 1. The van der Waals surface area contributed by atoms with Crippen LogP contribution in [0.3, 0.4) is 0 Å². The molecule has 0 spiro atoms. The Morgan fingerprint density at radius 2 is 1.86 bits per heavy atom. The Balaban J connectivity index is 1.47. The van der Waals surface area contributed by atoms with Crippen LogP contribution in [0.4, 0.5) is 10.1 Å². The van der Waals surface area contributed by atoms with Crippen LogP contribution in [-0.4, -0.2) is 47.3 Å². The van der Waals surface area contributed by atoms with Crippen LogP contribution in [0.2, 0.25) is 0 Å². The topological polar surface area (TPSA) is 82.7 Å². The number of carbonyl (C=O) groups is 3. The van der Waals surface area contributed by atoms with Crippen LogP contribution in [0, 0.1) is 5.82 Å². The molecular formula is C28H24FN3O4. The minimum atomic E-state index is -0.980. The number of aromatic amines is 1. The van der Waals surface area contributed by atoms with Gasteiger partial charge in [-0.3, -0.25) is 14.4 Å². The summed E-state index contributed by atoms with van der Waals surface area (Å²) >= 11 is 0. The van der Waals surface area contributed by atoms with Crippen molar-refractivity contribution in [2.24, 2.45) is 0 Å². The number of nitrogens with zero attached hydrogens (tertiary/aromatic N) is 2. The van der Waals surface area contributed by atoms with Gasteiger partial charge in [0.25, 0.3) is 11.8 Å². The average molecular weight is 486 g/mol. The summed E-state index contributed by atoms with van der Waals surface area (Å²) in [5.74, 6) is -1.28. The third-order valence-electron chi connectivity index (χ3n) is 6.46. The van der Waals surface area contributed by atoms with Gasteiger partial charge in [0.15, 0.2) is 0 Å². The van der Waals surface area contributed by atoms with Gasteiger partial charge in [0.2, 0.25) is 5.91 Å². The molecule has 0 aliphatic carbocycles. The highest BCUT2D eigenvalue weighted by molar-refractivity contribution is 6.23. The van der Waals surface area contributed by atoms with Crippen LogP contribution in [0.1, 0.15) is 22.3 Å². The van der Waals surface area contributed by atoms with Crippen LogP contribution in [-0.2, 0) is 16.0 Å². The number of rotatable bonds is 7. The highest BCUT2D eigenvalue weighted by Gasteiger charge is 2.44. The van der Waals surface area contributed by atoms with Gasteiger partial charge in [0, 0.05) is 29.2 Å². The molecule has 1 aliphatic heterocycles. The fourth-order valence-corrected chi connectivity index (χ4v) is 4.62. The molecule has 1 saturated heterocycles. The third-order valence-corrected chi connectivity index (χ3v) is 6.46. The van der Waals surface area contributed by atoms with Gasteiger partial charge < -0.3 is 14.6 Å². The molecule has 1 aromatic heterocycles. The summed E-state index contributed by atoms with van der Waals surface area (Å²) in [5, 5.41) is 1.04. The number of anilines is 1. The Hall–Kier alpha value is -4.46.